The van der Waals surface area contributed by atoms with Crippen molar-refractivity contribution in [3.05, 3.63) is 29.3 Å². The van der Waals surface area contributed by atoms with Crippen molar-refractivity contribution in [1.29, 1.82) is 0 Å². The maximum atomic E-state index is 5.49. The second kappa shape index (κ2) is 5.04. The van der Waals surface area contributed by atoms with Crippen LogP contribution in [0, 0.1) is 17.3 Å². The van der Waals surface area contributed by atoms with Crippen molar-refractivity contribution in [2.45, 2.75) is 64.2 Å². The molecule has 2 saturated carbocycles. The minimum atomic E-state index is 0.706. The Morgan fingerprint density at radius 1 is 1.19 bits per heavy atom. The predicted octanol–water partition coefficient (Wildman–Crippen LogP) is 5.33. The van der Waals surface area contributed by atoms with Gasteiger partial charge in [0.1, 0.15) is 5.75 Å². The summed E-state index contributed by atoms with van der Waals surface area (Å²) in [7, 11) is 1.79. The molecule has 0 aliphatic heterocycles. The van der Waals surface area contributed by atoms with E-state index in [0.717, 1.165) is 23.5 Å². The molecule has 114 valence electrons. The summed E-state index contributed by atoms with van der Waals surface area (Å²) < 4.78 is 5.49. The molecular formula is C20H28O. The monoisotopic (exact) mass is 284 g/mol. The topological polar surface area (TPSA) is 9.23 Å². The van der Waals surface area contributed by atoms with Gasteiger partial charge in [-0.1, -0.05) is 25.8 Å². The van der Waals surface area contributed by atoms with E-state index in [9.17, 15) is 0 Å². The average Bonchev–Trinajstić information content (AvgIpc) is 2.98. The van der Waals surface area contributed by atoms with E-state index in [0.29, 0.717) is 5.41 Å². The van der Waals surface area contributed by atoms with Crippen molar-refractivity contribution >= 4 is 0 Å². The van der Waals surface area contributed by atoms with Crippen molar-refractivity contribution < 1.29 is 4.74 Å². The second-order valence-electron chi connectivity index (χ2n) is 7.63. The van der Waals surface area contributed by atoms with Crippen LogP contribution < -0.4 is 4.74 Å². The third-order valence-electron chi connectivity index (χ3n) is 7.17. The van der Waals surface area contributed by atoms with Crippen LogP contribution in [0.4, 0.5) is 0 Å². The van der Waals surface area contributed by atoms with Gasteiger partial charge < -0.3 is 4.74 Å². The first-order valence-corrected chi connectivity index (χ1v) is 8.94. The van der Waals surface area contributed by atoms with Gasteiger partial charge in [-0.2, -0.15) is 0 Å². The van der Waals surface area contributed by atoms with Crippen molar-refractivity contribution in [1.82, 2.24) is 0 Å². The van der Waals surface area contributed by atoms with Gasteiger partial charge in [0.15, 0.2) is 0 Å². The number of methoxy groups -OCH3 is 1. The van der Waals surface area contributed by atoms with Crippen LogP contribution in [0.3, 0.4) is 0 Å². The third-order valence-corrected chi connectivity index (χ3v) is 7.17. The van der Waals surface area contributed by atoms with Crippen molar-refractivity contribution in [2.24, 2.45) is 17.3 Å². The van der Waals surface area contributed by atoms with Crippen molar-refractivity contribution in [3.8, 4) is 5.75 Å². The van der Waals surface area contributed by atoms with Gasteiger partial charge >= 0.3 is 0 Å². The van der Waals surface area contributed by atoms with Gasteiger partial charge in [-0.3, -0.25) is 0 Å². The lowest BCUT2D eigenvalue weighted by molar-refractivity contribution is 0.0408. The first kappa shape index (κ1) is 13.7. The number of hydrogen-bond acceptors (Lipinski definition) is 1. The Hall–Kier alpha value is -0.980. The smallest absolute Gasteiger partial charge is 0.119 e. The molecule has 0 radical (unpaired) electrons. The molecule has 0 heterocycles. The molecule has 0 saturated heterocycles. The maximum absolute atomic E-state index is 5.49. The molecule has 21 heavy (non-hydrogen) atoms. The summed E-state index contributed by atoms with van der Waals surface area (Å²) in [6, 6.07) is 6.81. The number of ether oxygens (including phenoxy) is 1. The van der Waals surface area contributed by atoms with Crippen LogP contribution in [-0.2, 0) is 6.42 Å². The number of rotatable bonds is 2. The van der Waals surface area contributed by atoms with E-state index in [4.69, 9.17) is 4.74 Å². The SMILES string of the molecule is CC[C@@]12CCC[C@H]1[C@@H]1CCc3ccc(OC)cc3[C@H]1CC2. The lowest BCUT2D eigenvalue weighted by Gasteiger charge is -2.50. The number of hydrogen-bond donors (Lipinski definition) is 0. The van der Waals surface area contributed by atoms with Crippen LogP contribution in [0.2, 0.25) is 0 Å². The molecule has 2 fully saturated rings. The molecule has 1 aromatic carbocycles. The van der Waals surface area contributed by atoms with Gasteiger partial charge in [0, 0.05) is 0 Å². The molecule has 1 nitrogen and oxygen atoms in total. The summed E-state index contributed by atoms with van der Waals surface area (Å²) in [5, 5.41) is 0. The molecule has 0 spiro atoms. The van der Waals surface area contributed by atoms with Gasteiger partial charge in [0.05, 0.1) is 7.11 Å². The molecule has 0 bridgehead atoms. The zero-order valence-electron chi connectivity index (χ0n) is 13.5. The summed E-state index contributed by atoms with van der Waals surface area (Å²) in [6.07, 6.45) is 11.5. The van der Waals surface area contributed by atoms with Gasteiger partial charge in [-0.25, -0.2) is 0 Å². The number of aryl methyl sites for hydroxylation is 1. The molecule has 0 unspecified atom stereocenters. The fraction of sp³-hybridized carbons (Fsp3) is 0.700. The highest BCUT2D eigenvalue weighted by molar-refractivity contribution is 5.40. The van der Waals surface area contributed by atoms with E-state index >= 15 is 0 Å². The van der Waals surface area contributed by atoms with Crippen LogP contribution >= 0.6 is 0 Å². The van der Waals surface area contributed by atoms with Crippen LogP contribution in [0.25, 0.3) is 0 Å². The zero-order valence-corrected chi connectivity index (χ0v) is 13.5. The minimum Gasteiger partial charge on any atom is -0.497 e. The van der Waals surface area contributed by atoms with Crippen LogP contribution in [-0.4, -0.2) is 7.11 Å². The Kier molecular flexibility index (Phi) is 3.28. The quantitative estimate of drug-likeness (QED) is 0.713. The van der Waals surface area contributed by atoms with E-state index in [1.54, 1.807) is 18.2 Å². The highest BCUT2D eigenvalue weighted by Crippen LogP contribution is 2.62. The normalized spacial score (nSPS) is 37.5. The molecule has 4 atom stereocenters. The number of benzene rings is 1. The van der Waals surface area contributed by atoms with Crippen molar-refractivity contribution in [2.75, 3.05) is 7.11 Å². The highest BCUT2D eigenvalue weighted by Gasteiger charge is 2.51. The largest absolute Gasteiger partial charge is 0.497 e. The van der Waals surface area contributed by atoms with Gasteiger partial charge in [-0.05, 0) is 85.0 Å². The summed E-state index contributed by atoms with van der Waals surface area (Å²) in [6.45, 7) is 2.44. The van der Waals surface area contributed by atoms with Crippen LogP contribution in [0.15, 0.2) is 18.2 Å². The van der Waals surface area contributed by atoms with Crippen LogP contribution in [0.1, 0.15) is 68.9 Å². The molecule has 3 aliphatic rings. The highest BCUT2D eigenvalue weighted by atomic mass is 16.5. The molecule has 1 aromatic rings. The molecule has 4 rings (SSSR count). The first-order valence-electron chi connectivity index (χ1n) is 8.94. The fourth-order valence-electron chi connectivity index (χ4n) is 6.08. The van der Waals surface area contributed by atoms with Crippen molar-refractivity contribution in [3.63, 3.8) is 0 Å². The van der Waals surface area contributed by atoms with Gasteiger partial charge in [0.2, 0.25) is 0 Å². The summed E-state index contributed by atoms with van der Waals surface area (Å²) in [5.41, 5.74) is 3.93. The Morgan fingerprint density at radius 2 is 2.10 bits per heavy atom. The predicted molar refractivity (Wildman–Crippen MR) is 86.8 cm³/mol. The molecule has 1 heteroatoms. The fourth-order valence-corrected chi connectivity index (χ4v) is 6.08. The Morgan fingerprint density at radius 3 is 2.90 bits per heavy atom. The zero-order chi connectivity index (χ0) is 14.4. The molecule has 0 N–H and O–H groups in total. The summed E-state index contributed by atoms with van der Waals surface area (Å²) in [4.78, 5) is 0. The van der Waals surface area contributed by atoms with E-state index in [2.05, 4.69) is 25.1 Å². The van der Waals surface area contributed by atoms with Gasteiger partial charge in [0.25, 0.3) is 0 Å². The Balaban J connectivity index is 1.70. The van der Waals surface area contributed by atoms with E-state index in [1.165, 1.54) is 51.4 Å². The standard InChI is InChI=1S/C20H28O/c1-3-20-11-4-5-19(20)17-9-7-14-6-8-15(21-2)13-18(14)16(17)10-12-20/h6,8,13,16-17,19H,3-5,7,9-12H2,1-2H3/t16-,17+,19-,20-/m0/s1. The first-order chi connectivity index (χ1) is 10.3. The minimum absolute atomic E-state index is 0.706. The lowest BCUT2D eigenvalue weighted by Crippen LogP contribution is -2.40. The van der Waals surface area contributed by atoms with Gasteiger partial charge in [-0.15, -0.1) is 0 Å². The average molecular weight is 284 g/mol. The molecule has 0 aromatic heterocycles. The summed E-state index contributed by atoms with van der Waals surface area (Å²) >= 11 is 0. The Bertz CT molecular complexity index is 535. The lowest BCUT2D eigenvalue weighted by atomic mass is 9.54. The maximum Gasteiger partial charge on any atom is 0.119 e. The summed E-state index contributed by atoms with van der Waals surface area (Å²) in [5.74, 6) is 3.81. The van der Waals surface area contributed by atoms with Crippen LogP contribution in [0.5, 0.6) is 5.75 Å². The molecule has 0 amide bonds. The third kappa shape index (κ3) is 1.96. The molecular weight excluding hydrogens is 256 g/mol. The second-order valence-corrected chi connectivity index (χ2v) is 7.63. The van der Waals surface area contributed by atoms with E-state index in [1.807, 2.05) is 0 Å². The van der Waals surface area contributed by atoms with E-state index < -0.39 is 0 Å². The Labute approximate surface area is 129 Å². The molecule has 3 aliphatic carbocycles. The number of fused-ring (bicyclic) bond motifs is 5. The van der Waals surface area contributed by atoms with E-state index in [-0.39, 0.29) is 0 Å².